The van der Waals surface area contributed by atoms with Gasteiger partial charge < -0.3 is 10.2 Å². The Kier molecular flexibility index (Phi) is 4.92. The van der Waals surface area contributed by atoms with Crippen molar-refractivity contribution in [2.24, 2.45) is 5.92 Å². The number of anilines is 2. The number of halogens is 2. The van der Waals surface area contributed by atoms with Gasteiger partial charge in [0.05, 0.1) is 22.3 Å². The zero-order chi connectivity index (χ0) is 17.3. The van der Waals surface area contributed by atoms with Gasteiger partial charge in [-0.1, -0.05) is 29.8 Å². The standard InChI is InChI=1S/C18H16BrClN2O2/c1-11-6-7-15(13(19)8-11)21-18(24)12-9-17(23)22(10-12)16-5-3-2-4-14(16)20/h2-8,12H,9-10H2,1H3,(H,21,24). The maximum absolute atomic E-state index is 12.5. The normalized spacial score (nSPS) is 17.2. The predicted octanol–water partition coefficient (Wildman–Crippen LogP) is 4.40. The van der Waals surface area contributed by atoms with E-state index in [1.54, 1.807) is 17.0 Å². The molecule has 1 saturated heterocycles. The lowest BCUT2D eigenvalue weighted by Gasteiger charge is -2.18. The Morgan fingerprint density at radius 3 is 2.75 bits per heavy atom. The Morgan fingerprint density at radius 2 is 2.04 bits per heavy atom. The molecule has 1 atom stereocenters. The number of hydrogen-bond acceptors (Lipinski definition) is 2. The molecular weight excluding hydrogens is 392 g/mol. The van der Waals surface area contributed by atoms with Crippen molar-refractivity contribution in [1.29, 1.82) is 0 Å². The number of nitrogens with zero attached hydrogens (tertiary/aromatic N) is 1. The maximum atomic E-state index is 12.5. The average molecular weight is 408 g/mol. The summed E-state index contributed by atoms with van der Waals surface area (Å²) in [6.07, 6.45) is 0.181. The highest BCUT2D eigenvalue weighted by Crippen LogP contribution is 2.32. The summed E-state index contributed by atoms with van der Waals surface area (Å²) in [5.74, 6) is -0.657. The lowest BCUT2D eigenvalue weighted by Crippen LogP contribution is -2.28. The number of amides is 2. The number of carbonyl (C=O) groups is 2. The van der Waals surface area contributed by atoms with Crippen LogP contribution in [0.3, 0.4) is 0 Å². The van der Waals surface area contributed by atoms with Crippen molar-refractivity contribution in [3.8, 4) is 0 Å². The summed E-state index contributed by atoms with van der Waals surface area (Å²) in [5.41, 5.74) is 2.45. The summed E-state index contributed by atoms with van der Waals surface area (Å²) in [6, 6.07) is 12.9. The third kappa shape index (κ3) is 3.47. The third-order valence-electron chi connectivity index (χ3n) is 4.02. The molecule has 0 radical (unpaired) electrons. The lowest BCUT2D eigenvalue weighted by atomic mass is 10.1. The highest BCUT2D eigenvalue weighted by molar-refractivity contribution is 9.10. The van der Waals surface area contributed by atoms with Crippen LogP contribution in [0.4, 0.5) is 11.4 Å². The van der Waals surface area contributed by atoms with Gasteiger partial charge in [0.15, 0.2) is 0 Å². The van der Waals surface area contributed by atoms with E-state index in [0.717, 1.165) is 10.0 Å². The number of aryl methyl sites for hydroxylation is 1. The van der Waals surface area contributed by atoms with E-state index >= 15 is 0 Å². The van der Waals surface area contributed by atoms with Crippen LogP contribution in [-0.2, 0) is 9.59 Å². The summed E-state index contributed by atoms with van der Waals surface area (Å²) in [4.78, 5) is 26.4. The molecule has 0 spiro atoms. The van der Waals surface area contributed by atoms with Gasteiger partial charge in [-0.25, -0.2) is 0 Å². The molecular formula is C18H16BrClN2O2. The molecule has 2 aromatic rings. The maximum Gasteiger partial charge on any atom is 0.229 e. The Bertz CT molecular complexity index is 809. The first-order valence-corrected chi connectivity index (χ1v) is 8.74. The Morgan fingerprint density at radius 1 is 1.29 bits per heavy atom. The number of nitrogens with one attached hydrogen (secondary N) is 1. The molecule has 0 saturated carbocycles. The van der Waals surface area contributed by atoms with E-state index in [1.807, 2.05) is 37.3 Å². The Balaban J connectivity index is 1.73. The second-order valence-electron chi connectivity index (χ2n) is 5.83. The van der Waals surface area contributed by atoms with Crippen LogP contribution in [0.15, 0.2) is 46.9 Å². The molecule has 2 amide bonds. The van der Waals surface area contributed by atoms with Crippen LogP contribution in [0.25, 0.3) is 0 Å². The van der Waals surface area contributed by atoms with Gasteiger partial charge in [-0.05, 0) is 52.7 Å². The minimum Gasteiger partial charge on any atom is -0.325 e. The fraction of sp³-hybridized carbons (Fsp3) is 0.222. The third-order valence-corrected chi connectivity index (χ3v) is 5.00. The molecule has 3 rings (SSSR count). The number of para-hydroxylation sites is 1. The molecule has 0 bridgehead atoms. The molecule has 0 aromatic heterocycles. The summed E-state index contributed by atoms with van der Waals surface area (Å²) >= 11 is 9.61. The molecule has 2 aromatic carbocycles. The van der Waals surface area contributed by atoms with Gasteiger partial charge in [-0.15, -0.1) is 0 Å². The van der Waals surface area contributed by atoms with E-state index in [9.17, 15) is 9.59 Å². The molecule has 24 heavy (non-hydrogen) atoms. The molecule has 1 unspecified atom stereocenters. The van der Waals surface area contributed by atoms with E-state index in [-0.39, 0.29) is 18.2 Å². The highest BCUT2D eigenvalue weighted by atomic mass is 79.9. The van der Waals surface area contributed by atoms with Gasteiger partial charge in [-0.2, -0.15) is 0 Å². The first-order chi connectivity index (χ1) is 11.5. The van der Waals surface area contributed by atoms with Crippen molar-refractivity contribution >= 4 is 50.7 Å². The number of hydrogen-bond donors (Lipinski definition) is 1. The molecule has 1 heterocycles. The second kappa shape index (κ2) is 6.95. The van der Waals surface area contributed by atoms with Crippen molar-refractivity contribution in [3.05, 3.63) is 57.5 Å². The van der Waals surface area contributed by atoms with Crippen LogP contribution in [0, 0.1) is 12.8 Å². The van der Waals surface area contributed by atoms with Gasteiger partial charge in [0.25, 0.3) is 0 Å². The number of rotatable bonds is 3. The minimum atomic E-state index is -0.401. The Hall–Kier alpha value is -1.85. The first kappa shape index (κ1) is 17.0. The van der Waals surface area contributed by atoms with Crippen molar-refractivity contribution < 1.29 is 9.59 Å². The van der Waals surface area contributed by atoms with Crippen LogP contribution < -0.4 is 10.2 Å². The van der Waals surface area contributed by atoms with Crippen molar-refractivity contribution in [3.63, 3.8) is 0 Å². The smallest absolute Gasteiger partial charge is 0.229 e. The van der Waals surface area contributed by atoms with Gasteiger partial charge >= 0.3 is 0 Å². The van der Waals surface area contributed by atoms with Crippen molar-refractivity contribution in [2.75, 3.05) is 16.8 Å². The molecule has 4 nitrogen and oxygen atoms in total. The van der Waals surface area contributed by atoms with Gasteiger partial charge in [0.1, 0.15) is 0 Å². The average Bonchev–Trinajstić information content (AvgIpc) is 2.92. The summed E-state index contributed by atoms with van der Waals surface area (Å²) < 4.78 is 0.822. The zero-order valence-corrected chi connectivity index (χ0v) is 15.4. The summed E-state index contributed by atoms with van der Waals surface area (Å²) in [6.45, 7) is 2.31. The van der Waals surface area contributed by atoms with Crippen LogP contribution in [0.5, 0.6) is 0 Å². The van der Waals surface area contributed by atoms with Gasteiger partial charge in [0.2, 0.25) is 11.8 Å². The molecule has 0 aliphatic carbocycles. The van der Waals surface area contributed by atoms with E-state index in [2.05, 4.69) is 21.2 Å². The van der Waals surface area contributed by atoms with E-state index in [1.165, 1.54) is 0 Å². The highest BCUT2D eigenvalue weighted by Gasteiger charge is 2.36. The first-order valence-electron chi connectivity index (χ1n) is 7.57. The summed E-state index contributed by atoms with van der Waals surface area (Å²) in [7, 11) is 0. The van der Waals surface area contributed by atoms with Crippen LogP contribution >= 0.6 is 27.5 Å². The second-order valence-corrected chi connectivity index (χ2v) is 7.09. The number of carbonyl (C=O) groups excluding carboxylic acids is 2. The number of benzene rings is 2. The molecule has 1 aliphatic heterocycles. The van der Waals surface area contributed by atoms with Crippen LogP contribution in [0.2, 0.25) is 5.02 Å². The SMILES string of the molecule is Cc1ccc(NC(=O)C2CC(=O)N(c3ccccc3Cl)C2)c(Br)c1. The van der Waals surface area contributed by atoms with E-state index in [0.29, 0.717) is 22.9 Å². The van der Waals surface area contributed by atoms with Crippen molar-refractivity contribution in [2.45, 2.75) is 13.3 Å². The monoisotopic (exact) mass is 406 g/mol. The van der Waals surface area contributed by atoms with Gasteiger partial charge in [-0.3, -0.25) is 9.59 Å². The zero-order valence-electron chi connectivity index (χ0n) is 13.1. The Labute approximate surface area is 153 Å². The topological polar surface area (TPSA) is 49.4 Å². The molecule has 124 valence electrons. The minimum absolute atomic E-state index is 0.0915. The fourth-order valence-corrected chi connectivity index (χ4v) is 3.57. The van der Waals surface area contributed by atoms with Crippen LogP contribution in [-0.4, -0.2) is 18.4 Å². The summed E-state index contributed by atoms with van der Waals surface area (Å²) in [5, 5.41) is 3.40. The van der Waals surface area contributed by atoms with Crippen molar-refractivity contribution in [1.82, 2.24) is 0 Å². The van der Waals surface area contributed by atoms with Crippen LogP contribution in [0.1, 0.15) is 12.0 Å². The lowest BCUT2D eigenvalue weighted by molar-refractivity contribution is -0.122. The van der Waals surface area contributed by atoms with Gasteiger partial charge in [0, 0.05) is 17.4 Å². The quantitative estimate of drug-likeness (QED) is 0.819. The predicted molar refractivity (Wildman–Crippen MR) is 99.4 cm³/mol. The fourth-order valence-electron chi connectivity index (χ4n) is 2.74. The molecule has 1 N–H and O–H groups in total. The molecule has 1 fully saturated rings. The largest absolute Gasteiger partial charge is 0.325 e. The van der Waals surface area contributed by atoms with E-state index in [4.69, 9.17) is 11.6 Å². The molecule has 1 aliphatic rings. The molecule has 6 heteroatoms. The van der Waals surface area contributed by atoms with E-state index < -0.39 is 5.92 Å².